The van der Waals surface area contributed by atoms with E-state index in [1.165, 1.54) is 7.11 Å². The van der Waals surface area contributed by atoms with Crippen LogP contribution in [0, 0.1) is 0 Å². The van der Waals surface area contributed by atoms with Crippen molar-refractivity contribution in [3.05, 3.63) is 65.0 Å². The molecule has 0 radical (unpaired) electrons. The third-order valence-electron chi connectivity index (χ3n) is 5.06. The number of carbonyl (C=O) groups is 1. The summed E-state index contributed by atoms with van der Waals surface area (Å²) in [6, 6.07) is 11.2. The van der Waals surface area contributed by atoms with Gasteiger partial charge in [-0.3, -0.25) is 0 Å². The van der Waals surface area contributed by atoms with Gasteiger partial charge in [0.25, 0.3) is 0 Å². The van der Waals surface area contributed by atoms with Gasteiger partial charge in [-0.05, 0) is 35.2 Å². The number of esters is 1. The summed E-state index contributed by atoms with van der Waals surface area (Å²) in [6.07, 6.45) is 1.89. The number of aromatic amines is 1. The van der Waals surface area contributed by atoms with Gasteiger partial charge in [-0.1, -0.05) is 12.1 Å². The number of H-pyrrole nitrogens is 1. The van der Waals surface area contributed by atoms with Gasteiger partial charge in [0.1, 0.15) is 6.61 Å². The Hall–Kier alpha value is -3.41. The van der Waals surface area contributed by atoms with E-state index >= 15 is 0 Å². The number of fused-ring (bicyclic) bond motifs is 3. The summed E-state index contributed by atoms with van der Waals surface area (Å²) in [4.78, 5) is 15.8. The van der Waals surface area contributed by atoms with E-state index in [2.05, 4.69) is 10.3 Å². The number of anilines is 1. The van der Waals surface area contributed by atoms with Crippen LogP contribution < -0.4 is 10.1 Å². The molecular weight excluding hydrogens is 332 g/mol. The van der Waals surface area contributed by atoms with Crippen molar-refractivity contribution in [2.75, 3.05) is 19.0 Å². The molecule has 2 aliphatic heterocycles. The molecule has 1 atom stereocenters. The van der Waals surface area contributed by atoms with Crippen LogP contribution in [0.2, 0.25) is 0 Å². The first-order valence-electron chi connectivity index (χ1n) is 8.31. The van der Waals surface area contributed by atoms with Crippen LogP contribution in [0.3, 0.4) is 0 Å². The number of rotatable bonds is 2. The summed E-state index contributed by atoms with van der Waals surface area (Å²) < 4.78 is 10.6. The zero-order valence-electron chi connectivity index (χ0n) is 14.0. The summed E-state index contributed by atoms with van der Waals surface area (Å²) in [5.41, 5.74) is 5.14. The van der Waals surface area contributed by atoms with Crippen LogP contribution in [0.1, 0.15) is 17.0 Å². The van der Waals surface area contributed by atoms with Crippen molar-refractivity contribution in [3.63, 3.8) is 0 Å². The number of ether oxygens (including phenoxy) is 2. The zero-order chi connectivity index (χ0) is 17.8. The van der Waals surface area contributed by atoms with Crippen molar-refractivity contribution in [1.82, 2.24) is 4.98 Å². The number of phenolic OH excluding ortho intramolecular Hbond substituents is 1. The second-order valence-electron chi connectivity index (χ2n) is 6.43. The molecule has 0 bridgehead atoms. The van der Waals surface area contributed by atoms with Crippen molar-refractivity contribution in [1.29, 1.82) is 0 Å². The molecule has 130 valence electrons. The molecule has 2 aromatic carbocycles. The summed E-state index contributed by atoms with van der Waals surface area (Å²) in [7, 11) is 1.51. The average molecular weight is 348 g/mol. The number of aromatic nitrogens is 1. The van der Waals surface area contributed by atoms with E-state index < -0.39 is 0 Å². The molecule has 3 heterocycles. The first kappa shape index (κ1) is 14.9. The largest absolute Gasteiger partial charge is 0.504 e. The normalized spacial score (nSPS) is 18.3. The SMILES string of the molecule is COc1cc(C2C3=C(COC3=O)Nc3ccc4cc[nH]c4c32)ccc1O. The van der Waals surface area contributed by atoms with Crippen LogP contribution in [-0.2, 0) is 9.53 Å². The van der Waals surface area contributed by atoms with E-state index in [-0.39, 0.29) is 24.2 Å². The number of cyclic esters (lactones) is 1. The van der Waals surface area contributed by atoms with E-state index in [9.17, 15) is 9.90 Å². The third-order valence-corrected chi connectivity index (χ3v) is 5.06. The Morgan fingerprint density at radius 2 is 2.12 bits per heavy atom. The number of methoxy groups -OCH3 is 1. The highest BCUT2D eigenvalue weighted by molar-refractivity contribution is 6.00. The molecule has 3 aromatic rings. The molecule has 0 spiro atoms. The van der Waals surface area contributed by atoms with Crippen molar-refractivity contribution in [2.45, 2.75) is 5.92 Å². The van der Waals surface area contributed by atoms with Gasteiger partial charge in [0.15, 0.2) is 11.5 Å². The van der Waals surface area contributed by atoms with E-state index in [0.29, 0.717) is 11.3 Å². The second kappa shape index (κ2) is 5.29. The van der Waals surface area contributed by atoms with Crippen LogP contribution in [0.5, 0.6) is 11.5 Å². The molecule has 26 heavy (non-hydrogen) atoms. The van der Waals surface area contributed by atoms with Crippen LogP contribution in [0.15, 0.2) is 53.9 Å². The van der Waals surface area contributed by atoms with Crippen LogP contribution in [0.25, 0.3) is 10.9 Å². The topological polar surface area (TPSA) is 83.6 Å². The summed E-state index contributed by atoms with van der Waals surface area (Å²) in [6.45, 7) is 0.238. The molecule has 0 aliphatic carbocycles. The highest BCUT2D eigenvalue weighted by Gasteiger charge is 2.39. The Kier molecular flexibility index (Phi) is 3.03. The van der Waals surface area contributed by atoms with E-state index in [1.807, 2.05) is 30.5 Å². The van der Waals surface area contributed by atoms with E-state index in [1.54, 1.807) is 12.1 Å². The number of hydrogen-bond acceptors (Lipinski definition) is 5. The van der Waals surface area contributed by atoms with Gasteiger partial charge in [0, 0.05) is 23.4 Å². The molecular formula is C20H16N2O4. The van der Waals surface area contributed by atoms with E-state index in [4.69, 9.17) is 9.47 Å². The number of benzene rings is 2. The predicted octanol–water partition coefficient (Wildman–Crippen LogP) is 3.25. The summed E-state index contributed by atoms with van der Waals surface area (Å²) in [5.74, 6) is -0.201. The lowest BCUT2D eigenvalue weighted by atomic mass is 9.80. The van der Waals surface area contributed by atoms with E-state index in [0.717, 1.165) is 33.4 Å². The number of carbonyl (C=O) groups excluding carboxylic acids is 1. The molecule has 0 fully saturated rings. The summed E-state index contributed by atoms with van der Waals surface area (Å²) >= 11 is 0. The fourth-order valence-corrected chi connectivity index (χ4v) is 3.89. The molecule has 5 rings (SSSR count). The Labute approximate surface area is 149 Å². The maximum Gasteiger partial charge on any atom is 0.337 e. The van der Waals surface area contributed by atoms with Gasteiger partial charge < -0.3 is 24.9 Å². The Morgan fingerprint density at radius 3 is 2.96 bits per heavy atom. The molecule has 2 aliphatic rings. The maximum atomic E-state index is 12.5. The predicted molar refractivity (Wildman–Crippen MR) is 96.4 cm³/mol. The standard InChI is InChI=1S/C20H16N2O4/c1-25-15-8-11(3-5-14(15)23)16-17-12(4-2-10-6-7-21-19(10)17)22-13-9-26-20(24)18(13)16/h2-8,16,21-23H,9H2,1H3. The first-order chi connectivity index (χ1) is 12.7. The number of phenols is 1. The van der Waals surface area contributed by atoms with Gasteiger partial charge in [-0.15, -0.1) is 0 Å². The second-order valence-corrected chi connectivity index (χ2v) is 6.43. The van der Waals surface area contributed by atoms with Crippen molar-refractivity contribution in [2.24, 2.45) is 0 Å². The molecule has 1 aromatic heterocycles. The minimum absolute atomic E-state index is 0.0618. The minimum atomic E-state index is -0.321. The van der Waals surface area contributed by atoms with Crippen molar-refractivity contribution in [3.8, 4) is 11.5 Å². The Balaban J connectivity index is 1.81. The monoisotopic (exact) mass is 348 g/mol. The third kappa shape index (κ3) is 1.95. The van der Waals surface area contributed by atoms with Crippen molar-refractivity contribution >= 4 is 22.6 Å². The zero-order valence-corrected chi connectivity index (χ0v) is 14.0. The molecule has 0 saturated carbocycles. The molecule has 1 unspecified atom stereocenters. The van der Waals surface area contributed by atoms with Crippen LogP contribution in [0.4, 0.5) is 5.69 Å². The van der Waals surface area contributed by atoms with Gasteiger partial charge in [-0.25, -0.2) is 4.79 Å². The molecule has 6 heteroatoms. The highest BCUT2D eigenvalue weighted by atomic mass is 16.5. The van der Waals surface area contributed by atoms with Gasteiger partial charge in [0.05, 0.1) is 23.9 Å². The Bertz CT molecular complexity index is 1100. The van der Waals surface area contributed by atoms with Crippen LogP contribution in [-0.4, -0.2) is 29.8 Å². The molecule has 6 nitrogen and oxygen atoms in total. The minimum Gasteiger partial charge on any atom is -0.504 e. The number of hydrogen-bond donors (Lipinski definition) is 3. The van der Waals surface area contributed by atoms with Gasteiger partial charge >= 0.3 is 5.97 Å². The number of aromatic hydroxyl groups is 1. The lowest BCUT2D eigenvalue weighted by Gasteiger charge is -2.28. The highest BCUT2D eigenvalue weighted by Crippen LogP contribution is 2.47. The summed E-state index contributed by atoms with van der Waals surface area (Å²) in [5, 5.41) is 14.4. The number of nitrogens with one attached hydrogen (secondary N) is 2. The molecule has 0 amide bonds. The molecule has 3 N–H and O–H groups in total. The average Bonchev–Trinajstić information content (AvgIpc) is 3.27. The lowest BCUT2D eigenvalue weighted by molar-refractivity contribution is -0.136. The van der Waals surface area contributed by atoms with Gasteiger partial charge in [0.2, 0.25) is 0 Å². The fourth-order valence-electron chi connectivity index (χ4n) is 3.89. The smallest absolute Gasteiger partial charge is 0.337 e. The van der Waals surface area contributed by atoms with Crippen molar-refractivity contribution < 1.29 is 19.4 Å². The lowest BCUT2D eigenvalue weighted by Crippen LogP contribution is -2.20. The van der Waals surface area contributed by atoms with Crippen LogP contribution >= 0.6 is 0 Å². The Morgan fingerprint density at radius 1 is 1.23 bits per heavy atom. The molecule has 0 saturated heterocycles. The quantitative estimate of drug-likeness (QED) is 0.619. The maximum absolute atomic E-state index is 12.5. The fraction of sp³-hybridized carbons (Fsp3) is 0.150. The van der Waals surface area contributed by atoms with Gasteiger partial charge in [-0.2, -0.15) is 0 Å². The first-order valence-corrected chi connectivity index (χ1v) is 8.31.